The monoisotopic (exact) mass is 283 g/mol. The number of amides is 1. The Morgan fingerprint density at radius 2 is 1.71 bits per heavy atom. The Bertz CT molecular complexity index is 632. The summed E-state index contributed by atoms with van der Waals surface area (Å²) in [5, 5.41) is 9.90. The molecule has 0 fully saturated rings. The summed E-state index contributed by atoms with van der Waals surface area (Å²) in [4.78, 5) is 14.0. The van der Waals surface area contributed by atoms with E-state index < -0.39 is 0 Å². The molecule has 21 heavy (non-hydrogen) atoms. The van der Waals surface area contributed by atoms with Crippen LogP contribution in [0.15, 0.2) is 42.5 Å². The van der Waals surface area contributed by atoms with Crippen molar-refractivity contribution in [3.8, 4) is 5.75 Å². The smallest absolute Gasteiger partial charge is 0.257 e. The molecule has 2 aromatic carbocycles. The van der Waals surface area contributed by atoms with Crippen LogP contribution in [0, 0.1) is 6.92 Å². The third-order valence-electron chi connectivity index (χ3n) is 3.58. The van der Waals surface area contributed by atoms with Gasteiger partial charge in [0.05, 0.1) is 5.56 Å². The molecule has 3 heteroatoms. The van der Waals surface area contributed by atoms with Crippen LogP contribution in [0.3, 0.4) is 0 Å². The highest BCUT2D eigenvalue weighted by Gasteiger charge is 2.15. The van der Waals surface area contributed by atoms with E-state index in [2.05, 4.69) is 19.1 Å². The molecule has 0 aromatic heterocycles. The highest BCUT2D eigenvalue weighted by atomic mass is 16.3. The molecule has 0 aliphatic carbocycles. The van der Waals surface area contributed by atoms with Gasteiger partial charge in [0.25, 0.3) is 5.91 Å². The molecule has 0 saturated heterocycles. The van der Waals surface area contributed by atoms with Gasteiger partial charge in [-0.1, -0.05) is 37.3 Å². The zero-order valence-corrected chi connectivity index (χ0v) is 12.8. The average molecular weight is 283 g/mol. The summed E-state index contributed by atoms with van der Waals surface area (Å²) in [6, 6.07) is 13.3. The van der Waals surface area contributed by atoms with Crippen LogP contribution in [0.25, 0.3) is 0 Å². The summed E-state index contributed by atoms with van der Waals surface area (Å²) in [5.41, 5.74) is 3.63. The van der Waals surface area contributed by atoms with Crippen LogP contribution in [-0.4, -0.2) is 23.0 Å². The van der Waals surface area contributed by atoms with Gasteiger partial charge in [-0.05, 0) is 42.2 Å². The van der Waals surface area contributed by atoms with E-state index in [4.69, 9.17) is 0 Å². The normalized spacial score (nSPS) is 10.4. The van der Waals surface area contributed by atoms with E-state index >= 15 is 0 Å². The molecule has 1 N–H and O–H groups in total. The van der Waals surface area contributed by atoms with Crippen molar-refractivity contribution in [2.45, 2.75) is 26.8 Å². The Hall–Kier alpha value is -2.29. The molecule has 2 aromatic rings. The van der Waals surface area contributed by atoms with E-state index in [9.17, 15) is 9.90 Å². The first-order valence-corrected chi connectivity index (χ1v) is 7.14. The minimum atomic E-state index is -0.174. The first-order chi connectivity index (χ1) is 10.0. The quantitative estimate of drug-likeness (QED) is 0.932. The molecule has 1 amide bonds. The maximum absolute atomic E-state index is 12.4. The van der Waals surface area contributed by atoms with Crippen molar-refractivity contribution in [3.63, 3.8) is 0 Å². The lowest BCUT2D eigenvalue weighted by molar-refractivity contribution is 0.0782. The Balaban J connectivity index is 2.11. The second kappa shape index (κ2) is 6.44. The Morgan fingerprint density at radius 3 is 2.29 bits per heavy atom. The summed E-state index contributed by atoms with van der Waals surface area (Å²) in [7, 11) is 1.75. The molecule has 0 saturated carbocycles. The van der Waals surface area contributed by atoms with Crippen molar-refractivity contribution in [3.05, 3.63) is 64.7 Å². The van der Waals surface area contributed by atoms with Gasteiger partial charge in [0, 0.05) is 13.6 Å². The number of aryl methyl sites for hydroxylation is 2. The van der Waals surface area contributed by atoms with Gasteiger partial charge in [-0.3, -0.25) is 4.79 Å². The molecule has 0 aliphatic rings. The van der Waals surface area contributed by atoms with Crippen molar-refractivity contribution >= 4 is 5.91 Å². The number of nitrogens with zero attached hydrogens (tertiary/aromatic N) is 1. The Morgan fingerprint density at radius 1 is 1.10 bits per heavy atom. The van der Waals surface area contributed by atoms with E-state index in [1.807, 2.05) is 25.1 Å². The fraction of sp³-hybridized carbons (Fsp3) is 0.278. The molecule has 3 nitrogen and oxygen atoms in total. The van der Waals surface area contributed by atoms with Crippen molar-refractivity contribution in [2.75, 3.05) is 7.05 Å². The van der Waals surface area contributed by atoms with Crippen LogP contribution in [0.5, 0.6) is 5.75 Å². The maximum atomic E-state index is 12.4. The van der Waals surface area contributed by atoms with Crippen LogP contribution in [0.2, 0.25) is 0 Å². The molecule has 0 aliphatic heterocycles. The Kier molecular flexibility index (Phi) is 4.63. The van der Waals surface area contributed by atoms with Crippen LogP contribution in [0.1, 0.15) is 34.0 Å². The molecule has 0 heterocycles. The third-order valence-corrected chi connectivity index (χ3v) is 3.58. The molecule has 0 bridgehead atoms. The Labute approximate surface area is 125 Å². The zero-order chi connectivity index (χ0) is 15.4. The zero-order valence-electron chi connectivity index (χ0n) is 12.8. The fourth-order valence-corrected chi connectivity index (χ4v) is 2.25. The highest BCUT2D eigenvalue weighted by Crippen LogP contribution is 2.20. The number of phenolic OH excluding ortho intramolecular Hbond substituents is 1. The summed E-state index contributed by atoms with van der Waals surface area (Å²) in [6.07, 6.45) is 1.01. The van der Waals surface area contributed by atoms with Gasteiger partial charge < -0.3 is 10.0 Å². The predicted octanol–water partition coefficient (Wildman–Crippen LogP) is 3.54. The average Bonchev–Trinajstić information content (AvgIpc) is 2.47. The number of phenols is 1. The van der Waals surface area contributed by atoms with Crippen LogP contribution >= 0.6 is 0 Å². The molecule has 0 unspecified atom stereocenters. The predicted molar refractivity (Wildman–Crippen MR) is 84.5 cm³/mol. The van der Waals surface area contributed by atoms with Crippen molar-refractivity contribution in [1.82, 2.24) is 4.90 Å². The first-order valence-electron chi connectivity index (χ1n) is 7.14. The summed E-state index contributed by atoms with van der Waals surface area (Å²) < 4.78 is 0. The molecular weight excluding hydrogens is 262 g/mol. The van der Waals surface area contributed by atoms with E-state index in [1.54, 1.807) is 24.1 Å². The van der Waals surface area contributed by atoms with E-state index in [0.717, 1.165) is 17.5 Å². The number of hydrogen-bond donors (Lipinski definition) is 1. The highest BCUT2D eigenvalue weighted by molar-refractivity contribution is 5.96. The lowest BCUT2D eigenvalue weighted by Gasteiger charge is -2.18. The number of carbonyl (C=O) groups excluding carboxylic acids is 1. The van der Waals surface area contributed by atoms with Gasteiger partial charge in [0.1, 0.15) is 5.75 Å². The lowest BCUT2D eigenvalue weighted by atomic mass is 10.1. The largest absolute Gasteiger partial charge is 0.507 e. The fourth-order valence-electron chi connectivity index (χ4n) is 2.25. The number of hydrogen-bond acceptors (Lipinski definition) is 2. The molecule has 0 atom stereocenters. The second-order valence-electron chi connectivity index (χ2n) is 5.35. The lowest BCUT2D eigenvalue weighted by Crippen LogP contribution is -2.26. The van der Waals surface area contributed by atoms with Gasteiger partial charge in [-0.15, -0.1) is 0 Å². The van der Waals surface area contributed by atoms with E-state index in [0.29, 0.717) is 12.1 Å². The minimum Gasteiger partial charge on any atom is -0.507 e. The van der Waals surface area contributed by atoms with Gasteiger partial charge >= 0.3 is 0 Å². The summed E-state index contributed by atoms with van der Waals surface area (Å²) >= 11 is 0. The number of carbonyl (C=O) groups is 1. The van der Waals surface area contributed by atoms with Gasteiger partial charge in [0.15, 0.2) is 0 Å². The van der Waals surface area contributed by atoms with Gasteiger partial charge in [0.2, 0.25) is 0 Å². The van der Waals surface area contributed by atoms with Gasteiger partial charge in [-0.25, -0.2) is 0 Å². The molecule has 0 radical (unpaired) electrons. The van der Waals surface area contributed by atoms with Gasteiger partial charge in [-0.2, -0.15) is 0 Å². The third kappa shape index (κ3) is 3.63. The topological polar surface area (TPSA) is 40.5 Å². The second-order valence-corrected chi connectivity index (χ2v) is 5.35. The number of aromatic hydroxyl groups is 1. The first kappa shape index (κ1) is 15.1. The van der Waals surface area contributed by atoms with Crippen LogP contribution in [0.4, 0.5) is 0 Å². The summed E-state index contributed by atoms with van der Waals surface area (Å²) in [6.45, 7) is 4.52. The minimum absolute atomic E-state index is 0.0354. The van der Waals surface area contributed by atoms with Crippen LogP contribution < -0.4 is 0 Å². The van der Waals surface area contributed by atoms with Crippen molar-refractivity contribution in [1.29, 1.82) is 0 Å². The van der Waals surface area contributed by atoms with E-state index in [1.165, 1.54) is 5.56 Å². The SMILES string of the molecule is CCc1ccc(CN(C)C(=O)c2ccc(C)cc2O)cc1. The summed E-state index contributed by atoms with van der Waals surface area (Å²) in [5.74, 6) is -0.139. The molecule has 2 rings (SSSR count). The maximum Gasteiger partial charge on any atom is 0.257 e. The van der Waals surface area contributed by atoms with Crippen LogP contribution in [-0.2, 0) is 13.0 Å². The number of benzene rings is 2. The molecule has 110 valence electrons. The van der Waals surface area contributed by atoms with Crippen molar-refractivity contribution < 1.29 is 9.90 Å². The molecule has 0 spiro atoms. The van der Waals surface area contributed by atoms with Crippen molar-refractivity contribution in [2.24, 2.45) is 0 Å². The van der Waals surface area contributed by atoms with E-state index in [-0.39, 0.29) is 11.7 Å². The number of rotatable bonds is 4. The molecular formula is C18H21NO2. The standard InChI is InChI=1S/C18H21NO2/c1-4-14-6-8-15(9-7-14)12-19(3)18(21)16-10-5-13(2)11-17(16)20/h5-11,20H,4,12H2,1-3H3.